The number of rotatable bonds is 6. The molecule has 3 atom stereocenters. The SMILES string of the molecule is N=C(N)N1CCCC1CONC(=O)C1CCC2CN1C(=O)N2OS(=O)(=O)O. The third-order valence-corrected chi connectivity index (χ3v) is 5.28. The van der Waals surface area contributed by atoms with E-state index in [2.05, 4.69) is 9.76 Å². The second-order valence-corrected chi connectivity index (χ2v) is 7.67. The number of piperidine rings is 1. The Morgan fingerprint density at radius 1 is 1.37 bits per heavy atom. The molecular formula is C13H22N6O7S. The number of nitrogens with one attached hydrogen (secondary N) is 2. The Bertz CT molecular complexity index is 731. The molecule has 0 radical (unpaired) electrons. The van der Waals surface area contributed by atoms with Gasteiger partial charge in [-0.3, -0.25) is 19.6 Å². The van der Waals surface area contributed by atoms with Crippen molar-refractivity contribution in [3.05, 3.63) is 0 Å². The molecular weight excluding hydrogens is 384 g/mol. The fraction of sp³-hybridized carbons (Fsp3) is 0.769. The van der Waals surface area contributed by atoms with Gasteiger partial charge >= 0.3 is 16.4 Å². The van der Waals surface area contributed by atoms with E-state index in [0.29, 0.717) is 24.4 Å². The number of urea groups is 1. The molecule has 152 valence electrons. The van der Waals surface area contributed by atoms with Crippen molar-refractivity contribution >= 4 is 28.3 Å². The van der Waals surface area contributed by atoms with Gasteiger partial charge in [-0.25, -0.2) is 10.3 Å². The summed E-state index contributed by atoms with van der Waals surface area (Å²) in [6.07, 6.45) is 2.28. The minimum absolute atomic E-state index is 0.0488. The van der Waals surface area contributed by atoms with Gasteiger partial charge in [0, 0.05) is 13.1 Å². The molecule has 3 aliphatic rings. The highest BCUT2D eigenvalue weighted by molar-refractivity contribution is 7.80. The predicted octanol–water partition coefficient (Wildman–Crippen LogP) is -1.60. The second-order valence-electron chi connectivity index (χ2n) is 6.66. The fourth-order valence-electron chi connectivity index (χ4n) is 3.71. The summed E-state index contributed by atoms with van der Waals surface area (Å²) >= 11 is 0. The normalized spacial score (nSPS) is 28.0. The Balaban J connectivity index is 1.53. The molecule has 3 saturated heterocycles. The largest absolute Gasteiger partial charge is 0.418 e. The highest BCUT2D eigenvalue weighted by atomic mass is 32.3. The van der Waals surface area contributed by atoms with Crippen LogP contribution in [0.25, 0.3) is 0 Å². The van der Waals surface area contributed by atoms with E-state index in [1.807, 2.05) is 0 Å². The van der Waals surface area contributed by atoms with Gasteiger partial charge in [-0.1, -0.05) is 0 Å². The average molecular weight is 406 g/mol. The lowest BCUT2D eigenvalue weighted by Gasteiger charge is -2.29. The zero-order chi connectivity index (χ0) is 19.8. The number of nitrogens with zero attached hydrogens (tertiary/aromatic N) is 3. The van der Waals surface area contributed by atoms with Crippen LogP contribution in [0.1, 0.15) is 25.7 Å². The molecule has 3 heterocycles. The van der Waals surface area contributed by atoms with E-state index in [0.717, 1.165) is 12.8 Å². The molecule has 0 spiro atoms. The van der Waals surface area contributed by atoms with E-state index in [4.69, 9.17) is 20.5 Å². The number of hydrogen-bond donors (Lipinski definition) is 4. The molecule has 0 aromatic rings. The van der Waals surface area contributed by atoms with Crippen molar-refractivity contribution in [3.63, 3.8) is 0 Å². The number of carbonyl (C=O) groups is 2. The molecule has 3 fully saturated rings. The van der Waals surface area contributed by atoms with Crippen molar-refractivity contribution in [2.45, 2.75) is 43.8 Å². The first-order valence-corrected chi connectivity index (χ1v) is 9.83. The van der Waals surface area contributed by atoms with Gasteiger partial charge in [0.15, 0.2) is 5.96 Å². The van der Waals surface area contributed by atoms with Crippen molar-refractivity contribution in [1.29, 1.82) is 5.41 Å². The number of likely N-dealkylation sites (tertiary alicyclic amines) is 1. The van der Waals surface area contributed by atoms with Crippen molar-refractivity contribution < 1.29 is 31.7 Å². The number of hydroxylamine groups is 3. The molecule has 0 saturated carbocycles. The molecule has 2 bridgehead atoms. The third-order valence-electron chi connectivity index (χ3n) is 4.94. The van der Waals surface area contributed by atoms with Crippen molar-refractivity contribution in [2.24, 2.45) is 5.73 Å². The quantitative estimate of drug-likeness (QED) is 0.175. The van der Waals surface area contributed by atoms with Crippen LogP contribution < -0.4 is 11.2 Å². The summed E-state index contributed by atoms with van der Waals surface area (Å²) in [5.74, 6) is -0.588. The molecule has 13 nitrogen and oxygen atoms in total. The summed E-state index contributed by atoms with van der Waals surface area (Å²) in [5.41, 5.74) is 7.80. The van der Waals surface area contributed by atoms with Crippen LogP contribution in [-0.4, -0.2) is 83.6 Å². The molecule has 0 aromatic carbocycles. The number of amides is 3. The van der Waals surface area contributed by atoms with E-state index in [1.54, 1.807) is 4.90 Å². The minimum Gasteiger partial charge on any atom is -0.370 e. The molecule has 3 rings (SSSR count). The van der Waals surface area contributed by atoms with Gasteiger partial charge in [0.25, 0.3) is 5.91 Å². The molecule has 14 heteroatoms. The molecule has 3 unspecified atom stereocenters. The minimum atomic E-state index is -4.83. The van der Waals surface area contributed by atoms with Crippen LogP contribution in [0, 0.1) is 5.41 Å². The first kappa shape index (κ1) is 19.6. The van der Waals surface area contributed by atoms with E-state index < -0.39 is 34.4 Å². The van der Waals surface area contributed by atoms with Gasteiger partial charge in [0.1, 0.15) is 6.04 Å². The monoisotopic (exact) mass is 406 g/mol. The Kier molecular flexibility index (Phi) is 5.41. The van der Waals surface area contributed by atoms with Gasteiger partial charge in [-0.2, -0.15) is 13.5 Å². The zero-order valence-electron chi connectivity index (χ0n) is 14.4. The molecule has 27 heavy (non-hydrogen) atoms. The Labute approximate surface area is 155 Å². The number of fused-ring (bicyclic) bond motifs is 2. The summed E-state index contributed by atoms with van der Waals surface area (Å²) in [4.78, 5) is 32.8. The van der Waals surface area contributed by atoms with Crippen LogP contribution in [0.4, 0.5) is 4.79 Å². The maximum Gasteiger partial charge on any atom is 0.418 e. The molecule has 3 aliphatic heterocycles. The van der Waals surface area contributed by atoms with Gasteiger partial charge in [-0.15, -0.1) is 4.28 Å². The zero-order valence-corrected chi connectivity index (χ0v) is 15.2. The molecule has 0 aliphatic carbocycles. The van der Waals surface area contributed by atoms with Crippen molar-refractivity contribution in [2.75, 3.05) is 19.7 Å². The second kappa shape index (κ2) is 7.46. The fourth-order valence-corrected chi connectivity index (χ4v) is 4.10. The van der Waals surface area contributed by atoms with Gasteiger partial charge in [0.05, 0.1) is 18.7 Å². The molecule has 0 aromatic heterocycles. The topological polar surface area (TPSA) is 179 Å². The Hall–Kier alpha value is -2.16. The molecule has 3 amide bonds. The summed E-state index contributed by atoms with van der Waals surface area (Å²) in [5, 5.41) is 8.08. The van der Waals surface area contributed by atoms with Crippen LogP contribution in [0.15, 0.2) is 0 Å². The smallest absolute Gasteiger partial charge is 0.370 e. The standard InChI is InChI=1S/C13H22N6O7S/c14-12(15)17-5-1-2-9(17)7-25-16-11(20)10-4-3-8-6-18(10)13(21)19(8)26-27(22,23)24/h8-10H,1-7H2,(H3,14,15)(H,16,20)(H,22,23,24). The van der Waals surface area contributed by atoms with Crippen LogP contribution in [0.3, 0.4) is 0 Å². The lowest BCUT2D eigenvalue weighted by molar-refractivity contribution is -0.139. The summed E-state index contributed by atoms with van der Waals surface area (Å²) in [7, 11) is -4.83. The van der Waals surface area contributed by atoms with E-state index >= 15 is 0 Å². The number of carbonyl (C=O) groups excluding carboxylic acids is 2. The van der Waals surface area contributed by atoms with Crippen LogP contribution in [0.2, 0.25) is 0 Å². The van der Waals surface area contributed by atoms with Gasteiger partial charge < -0.3 is 15.5 Å². The lowest BCUT2D eigenvalue weighted by atomic mass is 10.0. The molecule has 5 N–H and O–H groups in total. The predicted molar refractivity (Wildman–Crippen MR) is 89.1 cm³/mol. The van der Waals surface area contributed by atoms with E-state index in [1.165, 1.54) is 4.90 Å². The van der Waals surface area contributed by atoms with Gasteiger partial charge in [0.2, 0.25) is 0 Å². The first-order valence-electron chi connectivity index (χ1n) is 8.46. The highest BCUT2D eigenvalue weighted by Gasteiger charge is 2.49. The van der Waals surface area contributed by atoms with E-state index in [-0.39, 0.29) is 25.2 Å². The number of guanidine groups is 1. The maximum absolute atomic E-state index is 12.4. The Morgan fingerprint density at radius 3 is 2.78 bits per heavy atom. The number of nitrogens with two attached hydrogens (primary N) is 1. The van der Waals surface area contributed by atoms with Crippen molar-refractivity contribution in [3.8, 4) is 0 Å². The Morgan fingerprint density at radius 2 is 2.11 bits per heavy atom. The summed E-state index contributed by atoms with van der Waals surface area (Å²) in [6.45, 7) is 0.910. The number of hydrogen-bond acceptors (Lipinski definition) is 7. The highest BCUT2D eigenvalue weighted by Crippen LogP contribution is 2.30. The summed E-state index contributed by atoms with van der Waals surface area (Å²) in [6, 6.07) is -2.32. The first-order chi connectivity index (χ1) is 12.7. The van der Waals surface area contributed by atoms with Crippen molar-refractivity contribution in [1.82, 2.24) is 20.3 Å². The van der Waals surface area contributed by atoms with Gasteiger partial charge in [-0.05, 0) is 25.7 Å². The van der Waals surface area contributed by atoms with E-state index in [9.17, 15) is 18.0 Å². The summed E-state index contributed by atoms with van der Waals surface area (Å²) < 4.78 is 34.8. The average Bonchev–Trinajstić information content (AvgIpc) is 3.14. The van der Waals surface area contributed by atoms with Crippen LogP contribution >= 0.6 is 0 Å². The maximum atomic E-state index is 12.4. The van der Waals surface area contributed by atoms with Crippen LogP contribution in [-0.2, 0) is 24.3 Å². The lowest BCUT2D eigenvalue weighted by Crippen LogP contribution is -2.50. The van der Waals surface area contributed by atoms with Crippen LogP contribution in [0.5, 0.6) is 0 Å². The third kappa shape index (κ3) is 4.23.